The van der Waals surface area contributed by atoms with E-state index in [0.29, 0.717) is 9.49 Å². The Morgan fingerprint density at radius 1 is 1.24 bits per heavy atom. The SMILES string of the molecule is O=c1/c(=C/NNc2nc3ccccc3s2)sc2ncnn12. The van der Waals surface area contributed by atoms with Crippen LogP contribution in [0.2, 0.25) is 0 Å². The molecule has 0 saturated carbocycles. The monoisotopic (exact) mass is 316 g/mol. The molecule has 0 amide bonds. The predicted octanol–water partition coefficient (Wildman–Crippen LogP) is 0.834. The van der Waals surface area contributed by atoms with Crippen LogP contribution in [0.15, 0.2) is 35.4 Å². The molecule has 2 N–H and O–H groups in total. The lowest BCUT2D eigenvalue weighted by Crippen LogP contribution is -2.27. The lowest BCUT2D eigenvalue weighted by molar-refractivity contribution is 0.930. The van der Waals surface area contributed by atoms with Crippen molar-refractivity contribution in [1.29, 1.82) is 0 Å². The summed E-state index contributed by atoms with van der Waals surface area (Å²) in [5.41, 5.74) is 6.60. The van der Waals surface area contributed by atoms with Crippen LogP contribution in [0.1, 0.15) is 0 Å². The number of thiazole rings is 2. The maximum Gasteiger partial charge on any atom is 0.292 e. The molecule has 3 aromatic heterocycles. The summed E-state index contributed by atoms with van der Waals surface area (Å²) in [6.45, 7) is 0. The van der Waals surface area contributed by atoms with Gasteiger partial charge in [-0.25, -0.2) is 9.97 Å². The first-order valence-corrected chi connectivity index (χ1v) is 7.64. The second-order valence-corrected chi connectivity index (χ2v) is 6.17. The van der Waals surface area contributed by atoms with Gasteiger partial charge in [0.1, 0.15) is 10.9 Å². The van der Waals surface area contributed by atoms with E-state index in [4.69, 9.17) is 0 Å². The third-order valence-electron chi connectivity index (χ3n) is 2.80. The van der Waals surface area contributed by atoms with Crippen LogP contribution in [0.3, 0.4) is 0 Å². The van der Waals surface area contributed by atoms with Crippen LogP contribution in [0, 0.1) is 0 Å². The highest BCUT2D eigenvalue weighted by atomic mass is 32.1. The van der Waals surface area contributed by atoms with Gasteiger partial charge in [-0.05, 0) is 12.1 Å². The fourth-order valence-corrected chi connectivity index (χ4v) is 3.50. The molecule has 0 unspecified atom stereocenters. The van der Waals surface area contributed by atoms with Gasteiger partial charge in [0.2, 0.25) is 10.1 Å². The molecule has 21 heavy (non-hydrogen) atoms. The fraction of sp³-hybridized carbons (Fsp3) is 0. The number of aromatic nitrogens is 4. The molecule has 0 radical (unpaired) electrons. The van der Waals surface area contributed by atoms with Crippen LogP contribution in [-0.4, -0.2) is 19.6 Å². The van der Waals surface area contributed by atoms with Crippen molar-refractivity contribution >= 4 is 49.2 Å². The average Bonchev–Trinajstić information content (AvgIpc) is 3.16. The largest absolute Gasteiger partial charge is 0.305 e. The van der Waals surface area contributed by atoms with Gasteiger partial charge < -0.3 is 5.43 Å². The van der Waals surface area contributed by atoms with E-state index in [1.807, 2.05) is 24.3 Å². The van der Waals surface area contributed by atoms with Crippen molar-refractivity contribution in [3.63, 3.8) is 0 Å². The Labute approximate surface area is 125 Å². The summed E-state index contributed by atoms with van der Waals surface area (Å²) >= 11 is 2.81. The third kappa shape index (κ3) is 2.12. The number of anilines is 1. The van der Waals surface area contributed by atoms with E-state index in [1.165, 1.54) is 33.5 Å². The van der Waals surface area contributed by atoms with Gasteiger partial charge in [-0.15, -0.1) is 0 Å². The minimum atomic E-state index is -0.189. The van der Waals surface area contributed by atoms with E-state index in [1.54, 1.807) is 6.20 Å². The number of para-hydroxylation sites is 1. The van der Waals surface area contributed by atoms with Crippen LogP contribution >= 0.6 is 22.7 Å². The lowest BCUT2D eigenvalue weighted by Gasteiger charge is -1.98. The summed E-state index contributed by atoms with van der Waals surface area (Å²) in [5, 5.41) is 4.59. The molecule has 0 spiro atoms. The Morgan fingerprint density at radius 2 is 2.14 bits per heavy atom. The number of hydrazine groups is 1. The maximum atomic E-state index is 11.9. The van der Waals surface area contributed by atoms with Crippen molar-refractivity contribution < 1.29 is 0 Å². The molecule has 0 fully saturated rings. The maximum absolute atomic E-state index is 11.9. The van der Waals surface area contributed by atoms with E-state index in [0.717, 1.165) is 15.3 Å². The molecule has 0 aliphatic heterocycles. The normalized spacial score (nSPS) is 12.3. The summed E-state index contributed by atoms with van der Waals surface area (Å²) in [7, 11) is 0. The van der Waals surface area contributed by atoms with Crippen molar-refractivity contribution in [3.8, 4) is 0 Å². The molecule has 0 atom stereocenters. The van der Waals surface area contributed by atoms with Crippen LogP contribution in [0.5, 0.6) is 0 Å². The average molecular weight is 316 g/mol. The van der Waals surface area contributed by atoms with E-state index < -0.39 is 0 Å². The first-order chi connectivity index (χ1) is 10.3. The van der Waals surface area contributed by atoms with Gasteiger partial charge in [0, 0.05) is 6.20 Å². The minimum absolute atomic E-state index is 0.189. The summed E-state index contributed by atoms with van der Waals surface area (Å²) in [5.74, 6) is 0. The van der Waals surface area contributed by atoms with Gasteiger partial charge in [0.15, 0.2) is 0 Å². The molecule has 104 valence electrons. The van der Waals surface area contributed by atoms with Crippen LogP contribution in [0.4, 0.5) is 5.13 Å². The van der Waals surface area contributed by atoms with Gasteiger partial charge in [0.25, 0.3) is 5.56 Å². The molecule has 7 nitrogen and oxygen atoms in total. The Bertz CT molecular complexity index is 1000. The molecule has 1 aromatic carbocycles. The molecule has 0 aliphatic carbocycles. The molecular formula is C12H8N6OS2. The second-order valence-electron chi connectivity index (χ2n) is 4.13. The Morgan fingerprint density at radius 3 is 3.00 bits per heavy atom. The second kappa shape index (κ2) is 4.79. The zero-order valence-electron chi connectivity index (χ0n) is 10.5. The van der Waals surface area contributed by atoms with E-state index in [-0.39, 0.29) is 5.56 Å². The number of hydrogen-bond donors (Lipinski definition) is 2. The third-order valence-corrected chi connectivity index (χ3v) is 4.72. The smallest absolute Gasteiger partial charge is 0.292 e. The van der Waals surface area contributed by atoms with Crippen LogP contribution in [-0.2, 0) is 0 Å². The highest BCUT2D eigenvalue weighted by molar-refractivity contribution is 7.22. The summed E-state index contributed by atoms with van der Waals surface area (Å²) in [4.78, 5) is 20.9. The van der Waals surface area contributed by atoms with E-state index in [2.05, 4.69) is 25.9 Å². The topological polar surface area (TPSA) is 84.2 Å². The summed E-state index contributed by atoms with van der Waals surface area (Å²) in [6.07, 6.45) is 2.96. The molecule has 4 rings (SSSR count). The number of fused-ring (bicyclic) bond motifs is 2. The number of benzene rings is 1. The van der Waals surface area contributed by atoms with E-state index in [9.17, 15) is 4.79 Å². The van der Waals surface area contributed by atoms with Crippen molar-refractivity contribution in [3.05, 3.63) is 45.5 Å². The minimum Gasteiger partial charge on any atom is -0.305 e. The molecule has 4 aromatic rings. The summed E-state index contributed by atoms with van der Waals surface area (Å²) < 4.78 is 2.90. The van der Waals surface area contributed by atoms with Gasteiger partial charge in [0.05, 0.1) is 10.2 Å². The van der Waals surface area contributed by atoms with Crippen molar-refractivity contribution in [2.45, 2.75) is 0 Å². The number of hydrogen-bond acceptors (Lipinski definition) is 8. The highest BCUT2D eigenvalue weighted by Crippen LogP contribution is 2.24. The van der Waals surface area contributed by atoms with Crippen LogP contribution < -0.4 is 20.9 Å². The number of rotatable bonds is 3. The van der Waals surface area contributed by atoms with Crippen molar-refractivity contribution in [2.75, 3.05) is 5.43 Å². The Hall–Kier alpha value is -2.52. The van der Waals surface area contributed by atoms with Crippen molar-refractivity contribution in [1.82, 2.24) is 25.0 Å². The lowest BCUT2D eigenvalue weighted by atomic mass is 10.3. The summed E-state index contributed by atoms with van der Waals surface area (Å²) in [6, 6.07) is 7.89. The molecule has 0 aliphatic rings. The Kier molecular flexibility index (Phi) is 2.79. The molecule has 9 heteroatoms. The Balaban J connectivity index is 1.59. The first kappa shape index (κ1) is 12.2. The van der Waals surface area contributed by atoms with Gasteiger partial charge in [-0.3, -0.25) is 10.2 Å². The quantitative estimate of drug-likeness (QED) is 0.545. The first-order valence-electron chi connectivity index (χ1n) is 6.01. The standard InChI is InChI=1S/C12H8N6OS2/c19-10-9(21-12-13-6-15-18(10)12)5-14-17-11-16-7-3-1-2-4-8(7)20-11/h1-6,14H,(H,16,17)/b9-5-. The van der Waals surface area contributed by atoms with Gasteiger partial charge in [-0.2, -0.15) is 9.61 Å². The fourth-order valence-electron chi connectivity index (χ4n) is 1.87. The molecule has 3 heterocycles. The van der Waals surface area contributed by atoms with Crippen molar-refractivity contribution in [2.24, 2.45) is 0 Å². The molecular weight excluding hydrogens is 308 g/mol. The molecule has 0 bridgehead atoms. The predicted molar refractivity (Wildman–Crippen MR) is 83.2 cm³/mol. The zero-order chi connectivity index (χ0) is 14.2. The highest BCUT2D eigenvalue weighted by Gasteiger charge is 2.05. The molecule has 0 saturated heterocycles. The number of nitrogens with one attached hydrogen (secondary N) is 2. The van der Waals surface area contributed by atoms with E-state index >= 15 is 0 Å². The number of nitrogens with zero attached hydrogens (tertiary/aromatic N) is 4. The van der Waals surface area contributed by atoms with Crippen LogP contribution in [0.25, 0.3) is 21.4 Å². The zero-order valence-corrected chi connectivity index (χ0v) is 12.1. The van der Waals surface area contributed by atoms with Gasteiger partial charge in [-0.1, -0.05) is 34.8 Å². The van der Waals surface area contributed by atoms with Gasteiger partial charge >= 0.3 is 0 Å².